The highest BCUT2D eigenvalue weighted by molar-refractivity contribution is 5.83. The van der Waals surface area contributed by atoms with Gasteiger partial charge in [0.15, 0.2) is 0 Å². The maximum absolute atomic E-state index is 12.1. The van der Waals surface area contributed by atoms with Gasteiger partial charge in [0, 0.05) is 12.5 Å². The number of likely N-dealkylation sites (N-methyl/N-ethyl adjacent to an activating group) is 1. The van der Waals surface area contributed by atoms with Gasteiger partial charge in [-0.05, 0) is 25.3 Å². The first-order valence-corrected chi connectivity index (χ1v) is 7.46. The van der Waals surface area contributed by atoms with Crippen molar-refractivity contribution in [3.05, 3.63) is 0 Å². The van der Waals surface area contributed by atoms with Crippen molar-refractivity contribution in [1.29, 1.82) is 0 Å². The number of Topliss-reactive ketones (excluding diaryl/α,β-unsaturated/α-hetero) is 1. The van der Waals surface area contributed by atoms with Gasteiger partial charge in [-0.2, -0.15) is 0 Å². The van der Waals surface area contributed by atoms with E-state index in [1.165, 1.54) is 25.7 Å². The molecule has 1 saturated carbocycles. The van der Waals surface area contributed by atoms with E-state index in [-0.39, 0.29) is 0 Å². The molecule has 1 aliphatic carbocycles. The fourth-order valence-corrected chi connectivity index (χ4v) is 2.81. The van der Waals surface area contributed by atoms with Crippen LogP contribution in [0.25, 0.3) is 0 Å². The summed E-state index contributed by atoms with van der Waals surface area (Å²) in [4.78, 5) is 14.5. The van der Waals surface area contributed by atoms with Crippen LogP contribution in [-0.2, 0) is 4.79 Å². The predicted molar refractivity (Wildman–Crippen MR) is 73.2 cm³/mol. The highest BCUT2D eigenvalue weighted by Gasteiger charge is 2.24. The van der Waals surface area contributed by atoms with Gasteiger partial charge in [0.2, 0.25) is 0 Å². The maximum atomic E-state index is 12.1. The molecular formula is C15H29NO. The second-order valence-corrected chi connectivity index (χ2v) is 5.46. The van der Waals surface area contributed by atoms with E-state index in [1.807, 2.05) is 0 Å². The van der Waals surface area contributed by atoms with Crippen LogP contribution in [0.3, 0.4) is 0 Å². The lowest BCUT2D eigenvalue weighted by Gasteiger charge is -2.25. The molecule has 0 aromatic carbocycles. The lowest BCUT2D eigenvalue weighted by molar-refractivity contribution is -0.124. The monoisotopic (exact) mass is 239 g/mol. The third kappa shape index (κ3) is 4.79. The minimum Gasteiger partial charge on any atom is -0.298 e. The molecule has 17 heavy (non-hydrogen) atoms. The molecule has 1 rings (SSSR count). The summed E-state index contributed by atoms with van der Waals surface area (Å²) >= 11 is 0. The van der Waals surface area contributed by atoms with E-state index < -0.39 is 0 Å². The molecule has 0 unspecified atom stereocenters. The molecule has 1 aliphatic rings. The van der Waals surface area contributed by atoms with Crippen molar-refractivity contribution in [2.75, 3.05) is 19.6 Å². The van der Waals surface area contributed by atoms with Crippen molar-refractivity contribution in [1.82, 2.24) is 4.90 Å². The first kappa shape index (κ1) is 14.7. The highest BCUT2D eigenvalue weighted by atomic mass is 16.1. The molecule has 0 heterocycles. The lowest BCUT2D eigenvalue weighted by Crippen LogP contribution is -2.36. The third-order valence-electron chi connectivity index (χ3n) is 4.31. The Hall–Kier alpha value is -0.370. The van der Waals surface area contributed by atoms with Gasteiger partial charge in [0.05, 0.1) is 6.54 Å². The second kappa shape index (κ2) is 7.86. The van der Waals surface area contributed by atoms with Crippen LogP contribution in [0.4, 0.5) is 0 Å². The van der Waals surface area contributed by atoms with Crippen molar-refractivity contribution in [2.24, 2.45) is 11.8 Å². The second-order valence-electron chi connectivity index (χ2n) is 5.46. The topological polar surface area (TPSA) is 20.3 Å². The number of hydrogen-bond acceptors (Lipinski definition) is 2. The summed E-state index contributed by atoms with van der Waals surface area (Å²) in [7, 11) is 0. The van der Waals surface area contributed by atoms with E-state index in [4.69, 9.17) is 0 Å². The number of carbonyl (C=O) groups excluding carboxylic acids is 1. The lowest BCUT2D eigenvalue weighted by atomic mass is 10.00. The molecule has 0 saturated heterocycles. The Morgan fingerprint density at radius 2 is 1.76 bits per heavy atom. The molecule has 0 spiro atoms. The Bertz CT molecular complexity index is 217. The molecule has 0 atom stereocenters. The summed E-state index contributed by atoms with van der Waals surface area (Å²) < 4.78 is 0. The SMILES string of the molecule is CCC(CC)CN(CC)CC(=O)C1CCCC1. The smallest absolute Gasteiger partial charge is 0.149 e. The van der Waals surface area contributed by atoms with E-state index in [2.05, 4.69) is 25.7 Å². The Morgan fingerprint density at radius 1 is 1.18 bits per heavy atom. The summed E-state index contributed by atoms with van der Waals surface area (Å²) in [6.07, 6.45) is 7.25. The van der Waals surface area contributed by atoms with Gasteiger partial charge in [0.25, 0.3) is 0 Å². The van der Waals surface area contributed by atoms with Crippen LogP contribution in [0.2, 0.25) is 0 Å². The zero-order chi connectivity index (χ0) is 12.7. The first-order chi connectivity index (χ1) is 8.21. The fourth-order valence-electron chi connectivity index (χ4n) is 2.81. The summed E-state index contributed by atoms with van der Waals surface area (Å²) in [6.45, 7) is 9.47. The Labute approximate surface area is 107 Å². The molecule has 1 fully saturated rings. The van der Waals surface area contributed by atoms with Crippen molar-refractivity contribution < 1.29 is 4.79 Å². The van der Waals surface area contributed by atoms with Gasteiger partial charge in [-0.3, -0.25) is 9.69 Å². The zero-order valence-corrected chi connectivity index (χ0v) is 11.9. The van der Waals surface area contributed by atoms with Crippen LogP contribution >= 0.6 is 0 Å². The number of nitrogens with zero attached hydrogens (tertiary/aromatic N) is 1. The van der Waals surface area contributed by atoms with Gasteiger partial charge in [0.1, 0.15) is 5.78 Å². The Morgan fingerprint density at radius 3 is 2.24 bits per heavy atom. The summed E-state index contributed by atoms with van der Waals surface area (Å²) in [5, 5.41) is 0. The van der Waals surface area contributed by atoms with Crippen LogP contribution in [0, 0.1) is 11.8 Å². The van der Waals surface area contributed by atoms with E-state index in [0.29, 0.717) is 18.2 Å². The van der Waals surface area contributed by atoms with Crippen molar-refractivity contribution >= 4 is 5.78 Å². The average molecular weight is 239 g/mol. The first-order valence-electron chi connectivity index (χ1n) is 7.46. The summed E-state index contributed by atoms with van der Waals surface area (Å²) in [5.74, 6) is 1.63. The molecule has 2 nitrogen and oxygen atoms in total. The maximum Gasteiger partial charge on any atom is 0.149 e. The predicted octanol–water partition coefficient (Wildman–Crippen LogP) is 3.50. The van der Waals surface area contributed by atoms with Gasteiger partial charge in [-0.25, -0.2) is 0 Å². The number of ketones is 1. The number of carbonyl (C=O) groups is 1. The van der Waals surface area contributed by atoms with Crippen LogP contribution in [0.1, 0.15) is 59.3 Å². The molecule has 0 radical (unpaired) electrons. The van der Waals surface area contributed by atoms with Gasteiger partial charge in [-0.1, -0.05) is 46.5 Å². The molecule has 0 aromatic heterocycles. The van der Waals surface area contributed by atoms with Crippen molar-refractivity contribution in [3.8, 4) is 0 Å². The minimum atomic E-state index is 0.380. The number of hydrogen-bond donors (Lipinski definition) is 0. The van der Waals surface area contributed by atoms with Crippen LogP contribution in [-0.4, -0.2) is 30.3 Å². The quantitative estimate of drug-likeness (QED) is 0.646. The third-order valence-corrected chi connectivity index (χ3v) is 4.31. The van der Waals surface area contributed by atoms with E-state index in [1.54, 1.807) is 0 Å². The van der Waals surface area contributed by atoms with Crippen LogP contribution in [0.5, 0.6) is 0 Å². The molecule has 0 aliphatic heterocycles. The van der Waals surface area contributed by atoms with E-state index >= 15 is 0 Å². The standard InChI is InChI=1S/C15H29NO/c1-4-13(5-2)11-16(6-3)12-15(17)14-9-7-8-10-14/h13-14H,4-12H2,1-3H3. The van der Waals surface area contributed by atoms with Gasteiger partial charge in [-0.15, -0.1) is 0 Å². The van der Waals surface area contributed by atoms with Crippen molar-refractivity contribution in [3.63, 3.8) is 0 Å². The summed E-state index contributed by atoms with van der Waals surface area (Å²) in [5.41, 5.74) is 0. The molecule has 0 amide bonds. The molecule has 0 aromatic rings. The van der Waals surface area contributed by atoms with Crippen LogP contribution in [0.15, 0.2) is 0 Å². The van der Waals surface area contributed by atoms with E-state index in [0.717, 1.165) is 31.8 Å². The largest absolute Gasteiger partial charge is 0.298 e. The minimum absolute atomic E-state index is 0.380. The van der Waals surface area contributed by atoms with Crippen LogP contribution < -0.4 is 0 Å². The fraction of sp³-hybridized carbons (Fsp3) is 0.933. The average Bonchev–Trinajstić information content (AvgIpc) is 2.88. The molecule has 100 valence electrons. The van der Waals surface area contributed by atoms with E-state index in [9.17, 15) is 4.79 Å². The number of rotatable bonds is 8. The molecular weight excluding hydrogens is 210 g/mol. The Kier molecular flexibility index (Phi) is 6.79. The molecule has 2 heteroatoms. The molecule has 0 bridgehead atoms. The highest BCUT2D eigenvalue weighted by Crippen LogP contribution is 2.25. The molecule has 0 N–H and O–H groups in total. The van der Waals surface area contributed by atoms with Gasteiger partial charge >= 0.3 is 0 Å². The zero-order valence-electron chi connectivity index (χ0n) is 11.9. The normalized spacial score (nSPS) is 17.2. The summed E-state index contributed by atoms with van der Waals surface area (Å²) in [6, 6.07) is 0. The Balaban J connectivity index is 2.37. The van der Waals surface area contributed by atoms with Gasteiger partial charge < -0.3 is 0 Å². The van der Waals surface area contributed by atoms with Crippen molar-refractivity contribution in [2.45, 2.75) is 59.3 Å².